The third-order valence-corrected chi connectivity index (χ3v) is 2.34. The van der Waals surface area contributed by atoms with Crippen molar-refractivity contribution in [3.63, 3.8) is 0 Å². The fraction of sp³-hybridized carbons (Fsp3) is 0.455. The quantitative estimate of drug-likeness (QED) is 0.710. The van der Waals surface area contributed by atoms with Crippen molar-refractivity contribution in [3.05, 3.63) is 35.9 Å². The topological polar surface area (TPSA) is 95.9 Å². The van der Waals surface area contributed by atoms with Crippen molar-refractivity contribution < 1.29 is 22.3 Å². The molecular weight excluding hydrogens is 258 g/mol. The summed E-state index contributed by atoms with van der Waals surface area (Å²) in [4.78, 5) is 0. The first-order valence-electron chi connectivity index (χ1n) is 5.51. The molecule has 0 aliphatic carbocycles. The molecule has 3 N–H and O–H groups in total. The third-order valence-electron chi connectivity index (χ3n) is 2.34. The molecule has 1 atom stereocenters. The summed E-state index contributed by atoms with van der Waals surface area (Å²) >= 11 is 0. The second-order valence-corrected chi connectivity index (χ2v) is 4.75. The molecule has 0 spiro atoms. The lowest BCUT2D eigenvalue weighted by Crippen LogP contribution is -2.16. The Labute approximate surface area is 107 Å². The smallest absolute Gasteiger partial charge is 0.372 e. The largest absolute Gasteiger partial charge is 0.394 e. The summed E-state index contributed by atoms with van der Waals surface area (Å²) < 4.78 is 37.3. The van der Waals surface area contributed by atoms with Crippen LogP contribution in [0.1, 0.15) is 12.0 Å². The second-order valence-electron chi connectivity index (χ2n) is 3.86. The van der Waals surface area contributed by atoms with Crippen LogP contribution in [0.4, 0.5) is 0 Å². The van der Waals surface area contributed by atoms with Crippen LogP contribution in [-0.2, 0) is 21.7 Å². The first-order chi connectivity index (χ1) is 8.45. The highest BCUT2D eigenvalue weighted by molar-refractivity contribution is 7.79. The number of benzene rings is 1. The monoisotopic (exact) mass is 275 g/mol. The van der Waals surface area contributed by atoms with Gasteiger partial charge in [-0.15, -0.1) is 0 Å². The molecule has 1 fully saturated rings. The Hall–Kier alpha value is -0.990. The summed E-state index contributed by atoms with van der Waals surface area (Å²) in [7, 11) is -4.67. The molecule has 1 aliphatic heterocycles. The van der Waals surface area contributed by atoms with Gasteiger partial charge in [-0.25, -0.2) is 0 Å². The maximum atomic E-state index is 8.74. The molecule has 0 radical (unpaired) electrons. The molecule has 6 nitrogen and oxygen atoms in total. The van der Waals surface area contributed by atoms with E-state index < -0.39 is 10.4 Å². The van der Waals surface area contributed by atoms with Gasteiger partial charge in [-0.1, -0.05) is 30.3 Å². The molecule has 1 heterocycles. The lowest BCUT2D eigenvalue weighted by molar-refractivity contribution is 0.0542. The first kappa shape index (κ1) is 15.1. The Balaban J connectivity index is 0.000000280. The first-order valence-corrected chi connectivity index (χ1v) is 6.91. The second kappa shape index (κ2) is 7.45. The van der Waals surface area contributed by atoms with E-state index in [9.17, 15) is 0 Å². The molecule has 0 aromatic heterocycles. The Morgan fingerprint density at radius 2 is 1.89 bits per heavy atom. The number of rotatable bonds is 3. The van der Waals surface area contributed by atoms with E-state index in [0.717, 1.165) is 26.1 Å². The Kier molecular flexibility index (Phi) is 6.23. The average Bonchev–Trinajstić information content (AvgIpc) is 2.78. The highest BCUT2D eigenvalue weighted by Gasteiger charge is 2.14. The van der Waals surface area contributed by atoms with Crippen LogP contribution in [0.15, 0.2) is 30.3 Å². The zero-order valence-electron chi connectivity index (χ0n) is 9.82. The van der Waals surface area contributed by atoms with Gasteiger partial charge in [-0.05, 0) is 18.5 Å². The molecule has 102 valence electrons. The average molecular weight is 275 g/mol. The van der Waals surface area contributed by atoms with Gasteiger partial charge in [0.25, 0.3) is 0 Å². The molecule has 1 aromatic rings. The predicted molar refractivity (Wildman–Crippen MR) is 66.7 cm³/mol. The van der Waals surface area contributed by atoms with Crippen LogP contribution in [0.3, 0.4) is 0 Å². The SMILES string of the molecule is O=S(=O)(O)O.c1ccc(COC2CCNC2)cc1. The maximum Gasteiger partial charge on any atom is 0.394 e. The fourth-order valence-electron chi connectivity index (χ4n) is 1.56. The molecule has 18 heavy (non-hydrogen) atoms. The number of nitrogens with one attached hydrogen (secondary N) is 1. The molecular formula is C11H17NO5S. The molecule has 7 heteroatoms. The van der Waals surface area contributed by atoms with E-state index in [0.29, 0.717) is 6.10 Å². The molecule has 2 rings (SSSR count). The Morgan fingerprint density at radius 1 is 1.28 bits per heavy atom. The van der Waals surface area contributed by atoms with E-state index in [2.05, 4.69) is 17.4 Å². The van der Waals surface area contributed by atoms with Crippen LogP contribution in [0.5, 0.6) is 0 Å². The van der Waals surface area contributed by atoms with E-state index in [1.54, 1.807) is 0 Å². The highest BCUT2D eigenvalue weighted by Crippen LogP contribution is 2.07. The van der Waals surface area contributed by atoms with Crippen LogP contribution >= 0.6 is 0 Å². The summed E-state index contributed by atoms with van der Waals surface area (Å²) in [6.07, 6.45) is 1.56. The minimum absolute atomic E-state index is 0.417. The van der Waals surface area contributed by atoms with Crippen LogP contribution in [0.2, 0.25) is 0 Å². The van der Waals surface area contributed by atoms with E-state index in [-0.39, 0.29) is 0 Å². The van der Waals surface area contributed by atoms with E-state index in [1.807, 2.05) is 18.2 Å². The van der Waals surface area contributed by atoms with Crippen molar-refractivity contribution in [2.75, 3.05) is 13.1 Å². The lowest BCUT2D eigenvalue weighted by atomic mass is 10.2. The summed E-state index contributed by atoms with van der Waals surface area (Å²) in [6, 6.07) is 10.3. The molecule has 1 saturated heterocycles. The van der Waals surface area contributed by atoms with Crippen molar-refractivity contribution in [3.8, 4) is 0 Å². The van der Waals surface area contributed by atoms with Gasteiger partial charge in [0.15, 0.2) is 0 Å². The normalized spacial score (nSPS) is 19.1. The minimum Gasteiger partial charge on any atom is -0.372 e. The van der Waals surface area contributed by atoms with Gasteiger partial charge >= 0.3 is 10.4 Å². The molecule has 0 saturated carbocycles. The van der Waals surface area contributed by atoms with E-state index >= 15 is 0 Å². The minimum atomic E-state index is -4.67. The summed E-state index contributed by atoms with van der Waals surface area (Å²) in [6.45, 7) is 2.85. The van der Waals surface area contributed by atoms with Crippen molar-refractivity contribution in [2.45, 2.75) is 19.1 Å². The zero-order chi connectivity index (χ0) is 13.4. The third kappa shape index (κ3) is 8.15. The van der Waals surface area contributed by atoms with Crippen LogP contribution in [0.25, 0.3) is 0 Å². The summed E-state index contributed by atoms with van der Waals surface area (Å²) in [5, 5.41) is 3.28. The molecule has 1 unspecified atom stereocenters. The molecule has 1 aromatic carbocycles. The Morgan fingerprint density at radius 3 is 2.39 bits per heavy atom. The van der Waals surface area contributed by atoms with Crippen molar-refractivity contribution in [1.82, 2.24) is 5.32 Å². The molecule has 1 aliphatic rings. The van der Waals surface area contributed by atoms with E-state index in [1.165, 1.54) is 5.56 Å². The summed E-state index contributed by atoms with van der Waals surface area (Å²) in [5.74, 6) is 0. The van der Waals surface area contributed by atoms with Gasteiger partial charge in [-0.2, -0.15) is 8.42 Å². The Bertz CT molecular complexity index is 420. The fourth-order valence-corrected chi connectivity index (χ4v) is 1.56. The maximum absolute atomic E-state index is 8.74. The van der Waals surface area contributed by atoms with Crippen molar-refractivity contribution >= 4 is 10.4 Å². The summed E-state index contributed by atoms with van der Waals surface area (Å²) in [5.41, 5.74) is 1.26. The van der Waals surface area contributed by atoms with Crippen LogP contribution in [0, 0.1) is 0 Å². The predicted octanol–water partition coefficient (Wildman–Crippen LogP) is 0.912. The van der Waals surface area contributed by atoms with Crippen molar-refractivity contribution in [2.24, 2.45) is 0 Å². The van der Waals surface area contributed by atoms with E-state index in [4.69, 9.17) is 22.3 Å². The molecule has 0 bridgehead atoms. The standard InChI is InChI=1S/C11H15NO.H2O4S/c1-2-4-10(5-3-1)9-13-11-6-7-12-8-11;1-5(2,3)4/h1-5,11-12H,6-9H2;(H2,1,2,3,4). The van der Waals surface area contributed by atoms with Gasteiger partial charge in [0.2, 0.25) is 0 Å². The lowest BCUT2D eigenvalue weighted by Gasteiger charge is -2.09. The van der Waals surface area contributed by atoms with Crippen LogP contribution in [-0.4, -0.2) is 36.7 Å². The van der Waals surface area contributed by atoms with Gasteiger partial charge in [0, 0.05) is 6.54 Å². The van der Waals surface area contributed by atoms with Gasteiger partial charge < -0.3 is 10.1 Å². The van der Waals surface area contributed by atoms with Crippen molar-refractivity contribution in [1.29, 1.82) is 0 Å². The molecule has 0 amide bonds. The number of hydrogen-bond acceptors (Lipinski definition) is 4. The van der Waals surface area contributed by atoms with Crippen LogP contribution < -0.4 is 5.32 Å². The highest BCUT2D eigenvalue weighted by atomic mass is 32.3. The zero-order valence-corrected chi connectivity index (χ0v) is 10.6. The van der Waals surface area contributed by atoms with Gasteiger partial charge in [-0.3, -0.25) is 9.11 Å². The number of ether oxygens (including phenoxy) is 1. The number of hydrogen-bond donors (Lipinski definition) is 3. The van der Waals surface area contributed by atoms with Gasteiger partial charge in [0.1, 0.15) is 0 Å². The van der Waals surface area contributed by atoms with Gasteiger partial charge in [0.05, 0.1) is 12.7 Å².